The zero-order chi connectivity index (χ0) is 17.1. The van der Waals surface area contributed by atoms with Gasteiger partial charge in [0.15, 0.2) is 11.5 Å². The summed E-state index contributed by atoms with van der Waals surface area (Å²) in [6, 6.07) is 13.7. The highest BCUT2D eigenvalue weighted by atomic mass is 16.5. The summed E-state index contributed by atoms with van der Waals surface area (Å²) in [5.74, 6) is 0.0731. The molecule has 0 heterocycles. The molecule has 0 amide bonds. The molecule has 2 aromatic rings. The number of ether oxygens (including phenoxy) is 2. The Balaban J connectivity index is 1.82. The molecule has 0 fully saturated rings. The van der Waals surface area contributed by atoms with Gasteiger partial charge in [-0.25, -0.2) is 0 Å². The summed E-state index contributed by atoms with van der Waals surface area (Å²) in [6.45, 7) is 1.51. The molecule has 124 valence electrons. The summed E-state index contributed by atoms with van der Waals surface area (Å²) in [4.78, 5) is 10.9. The fraction of sp³-hybridized carbons (Fsp3) is 0.250. The van der Waals surface area contributed by atoms with Gasteiger partial charge >= 0.3 is 0 Å². The van der Waals surface area contributed by atoms with Gasteiger partial charge in [-0.2, -0.15) is 0 Å². The molecule has 4 heteroatoms. The van der Waals surface area contributed by atoms with Gasteiger partial charge in [0.2, 0.25) is 0 Å². The molecule has 0 atom stereocenters. The Kier molecular flexibility index (Phi) is 4.56. The number of carbonyl (C=O) groups is 1. The summed E-state index contributed by atoms with van der Waals surface area (Å²) in [6.07, 6.45) is 3.33. The Bertz CT molecular complexity index is 767. The van der Waals surface area contributed by atoms with Gasteiger partial charge < -0.3 is 19.4 Å². The predicted octanol–water partition coefficient (Wildman–Crippen LogP) is 2.39. The molecule has 0 unspecified atom stereocenters. The molecule has 0 saturated heterocycles. The Morgan fingerprint density at radius 3 is 2.38 bits per heavy atom. The molecule has 24 heavy (non-hydrogen) atoms. The van der Waals surface area contributed by atoms with E-state index in [9.17, 15) is 9.90 Å². The normalized spacial score (nSPS) is 14.3. The van der Waals surface area contributed by atoms with Crippen LogP contribution in [0.4, 0.5) is 0 Å². The second-order valence-corrected chi connectivity index (χ2v) is 5.94. The molecule has 2 aromatic carbocycles. The maximum atomic E-state index is 10.9. The van der Waals surface area contributed by atoms with Crippen molar-refractivity contribution in [3.8, 4) is 11.5 Å². The minimum atomic E-state index is -1.18. The fourth-order valence-electron chi connectivity index (χ4n) is 2.97. The first-order valence-electron chi connectivity index (χ1n) is 7.88. The molecular formula is C20H19O4-. The van der Waals surface area contributed by atoms with Crippen LogP contribution in [-0.4, -0.2) is 19.2 Å². The van der Waals surface area contributed by atoms with Crippen molar-refractivity contribution in [3.63, 3.8) is 0 Å². The number of aliphatic carboxylic acids is 1. The third-order valence-corrected chi connectivity index (χ3v) is 4.20. The lowest BCUT2D eigenvalue weighted by atomic mass is 10.1. The lowest BCUT2D eigenvalue weighted by Crippen LogP contribution is -2.22. The third kappa shape index (κ3) is 3.43. The van der Waals surface area contributed by atoms with Crippen molar-refractivity contribution < 1.29 is 19.4 Å². The first-order chi connectivity index (χ1) is 11.6. The number of hydrogen-bond acceptors (Lipinski definition) is 4. The minimum absolute atomic E-state index is 0.0535. The second-order valence-electron chi connectivity index (χ2n) is 5.94. The predicted molar refractivity (Wildman–Crippen MR) is 89.9 cm³/mol. The van der Waals surface area contributed by atoms with Crippen LogP contribution >= 0.6 is 0 Å². The molecule has 0 aliphatic heterocycles. The standard InChI is InChI=1S/C20H20O4/c1-13(20(21)22)9-14-7-8-18(23-2)19(10-14)24-17-11-15-5-3-4-6-16(15)12-17/h3-10,17H,11-12H2,1-2H3,(H,21,22)/p-1/b13-9+. The summed E-state index contributed by atoms with van der Waals surface area (Å²) >= 11 is 0. The molecular weight excluding hydrogens is 304 g/mol. The highest BCUT2D eigenvalue weighted by molar-refractivity contribution is 5.89. The summed E-state index contributed by atoms with van der Waals surface area (Å²) in [5.41, 5.74) is 3.53. The Morgan fingerprint density at radius 2 is 1.79 bits per heavy atom. The average Bonchev–Trinajstić information content (AvgIpc) is 2.97. The monoisotopic (exact) mass is 323 g/mol. The van der Waals surface area contributed by atoms with E-state index >= 15 is 0 Å². The van der Waals surface area contributed by atoms with E-state index in [0.29, 0.717) is 11.5 Å². The molecule has 0 saturated carbocycles. The highest BCUT2D eigenvalue weighted by Crippen LogP contribution is 2.33. The van der Waals surface area contributed by atoms with Crippen molar-refractivity contribution in [1.82, 2.24) is 0 Å². The second kappa shape index (κ2) is 6.79. The topological polar surface area (TPSA) is 58.6 Å². The van der Waals surface area contributed by atoms with Crippen molar-refractivity contribution in [2.75, 3.05) is 7.11 Å². The van der Waals surface area contributed by atoms with Gasteiger partial charge in [0.1, 0.15) is 6.10 Å². The maximum absolute atomic E-state index is 10.9. The van der Waals surface area contributed by atoms with E-state index in [-0.39, 0.29) is 11.7 Å². The Hall–Kier alpha value is -2.75. The molecule has 0 N–H and O–H groups in total. The van der Waals surface area contributed by atoms with E-state index in [0.717, 1.165) is 18.4 Å². The van der Waals surface area contributed by atoms with Crippen molar-refractivity contribution in [1.29, 1.82) is 0 Å². The summed E-state index contributed by atoms with van der Waals surface area (Å²) in [5, 5.41) is 10.9. The van der Waals surface area contributed by atoms with Gasteiger partial charge in [-0.3, -0.25) is 0 Å². The molecule has 1 aliphatic carbocycles. The van der Waals surface area contributed by atoms with Crippen molar-refractivity contribution in [2.24, 2.45) is 0 Å². The van der Waals surface area contributed by atoms with Crippen molar-refractivity contribution in [3.05, 3.63) is 64.7 Å². The summed E-state index contributed by atoms with van der Waals surface area (Å²) < 4.78 is 11.5. The van der Waals surface area contributed by atoms with Crippen LogP contribution in [0.3, 0.4) is 0 Å². The average molecular weight is 323 g/mol. The van der Waals surface area contributed by atoms with Crippen LogP contribution in [0.5, 0.6) is 11.5 Å². The Morgan fingerprint density at radius 1 is 1.12 bits per heavy atom. The van der Waals surface area contributed by atoms with E-state index in [1.54, 1.807) is 31.4 Å². The third-order valence-electron chi connectivity index (χ3n) is 4.20. The van der Waals surface area contributed by atoms with Crippen LogP contribution < -0.4 is 14.6 Å². The van der Waals surface area contributed by atoms with E-state index < -0.39 is 5.97 Å². The van der Waals surface area contributed by atoms with E-state index in [1.165, 1.54) is 18.1 Å². The number of carboxylic acids is 1. The number of benzene rings is 2. The minimum Gasteiger partial charge on any atom is -0.545 e. The molecule has 0 spiro atoms. The molecule has 1 aliphatic rings. The van der Waals surface area contributed by atoms with Crippen molar-refractivity contribution >= 4 is 12.0 Å². The van der Waals surface area contributed by atoms with Crippen LogP contribution in [0.25, 0.3) is 6.08 Å². The lowest BCUT2D eigenvalue weighted by molar-refractivity contribution is -0.299. The van der Waals surface area contributed by atoms with E-state index in [1.807, 2.05) is 12.1 Å². The molecule has 4 nitrogen and oxygen atoms in total. The van der Waals surface area contributed by atoms with Crippen LogP contribution in [-0.2, 0) is 17.6 Å². The van der Waals surface area contributed by atoms with E-state index in [2.05, 4.69) is 12.1 Å². The van der Waals surface area contributed by atoms with Crippen LogP contribution in [0, 0.1) is 0 Å². The first-order valence-corrected chi connectivity index (χ1v) is 7.88. The van der Waals surface area contributed by atoms with Gasteiger partial charge in [0, 0.05) is 12.8 Å². The maximum Gasteiger partial charge on any atom is 0.162 e. The highest BCUT2D eigenvalue weighted by Gasteiger charge is 2.23. The number of hydrogen-bond donors (Lipinski definition) is 0. The molecule has 3 rings (SSSR count). The van der Waals surface area contributed by atoms with Crippen LogP contribution in [0.15, 0.2) is 48.0 Å². The number of fused-ring (bicyclic) bond motifs is 1. The molecule has 0 radical (unpaired) electrons. The smallest absolute Gasteiger partial charge is 0.162 e. The quantitative estimate of drug-likeness (QED) is 0.793. The summed E-state index contributed by atoms with van der Waals surface area (Å²) in [7, 11) is 1.59. The molecule has 0 bridgehead atoms. The number of carboxylic acid groups (broad SMARTS) is 1. The Labute approximate surface area is 141 Å². The lowest BCUT2D eigenvalue weighted by Gasteiger charge is -2.16. The van der Waals surface area contributed by atoms with Gasteiger partial charge in [0.05, 0.1) is 13.1 Å². The van der Waals surface area contributed by atoms with Gasteiger partial charge in [-0.05, 0) is 41.3 Å². The zero-order valence-corrected chi connectivity index (χ0v) is 13.7. The van der Waals surface area contributed by atoms with Crippen LogP contribution in [0.1, 0.15) is 23.6 Å². The fourth-order valence-corrected chi connectivity index (χ4v) is 2.97. The van der Waals surface area contributed by atoms with Crippen molar-refractivity contribution in [2.45, 2.75) is 25.9 Å². The van der Waals surface area contributed by atoms with Gasteiger partial charge in [0.25, 0.3) is 0 Å². The number of carbonyl (C=O) groups excluding carboxylic acids is 1. The van der Waals surface area contributed by atoms with E-state index in [4.69, 9.17) is 9.47 Å². The number of methoxy groups -OCH3 is 1. The zero-order valence-electron chi connectivity index (χ0n) is 13.7. The largest absolute Gasteiger partial charge is 0.545 e. The van der Waals surface area contributed by atoms with Gasteiger partial charge in [-0.1, -0.05) is 36.4 Å². The molecule has 0 aromatic heterocycles. The van der Waals surface area contributed by atoms with Crippen LogP contribution in [0.2, 0.25) is 0 Å². The number of rotatable bonds is 5. The SMILES string of the molecule is COc1ccc(/C=C(\C)C(=O)[O-])cc1OC1Cc2ccccc2C1. The van der Waals surface area contributed by atoms with Gasteiger partial charge in [-0.15, -0.1) is 0 Å². The first kappa shape index (κ1) is 16.1.